The zero-order chi connectivity index (χ0) is 12.7. The second-order valence-electron chi connectivity index (χ2n) is 3.62. The number of rotatable bonds is 6. The van der Waals surface area contributed by atoms with Crippen molar-refractivity contribution >= 4 is 11.8 Å². The molecule has 0 aliphatic carbocycles. The van der Waals surface area contributed by atoms with Crippen LogP contribution >= 0.6 is 0 Å². The van der Waals surface area contributed by atoms with Gasteiger partial charge in [-0.3, -0.25) is 9.59 Å². The maximum Gasteiger partial charge on any atom is 0.248 e. The molecule has 1 aromatic rings. The Morgan fingerprint density at radius 1 is 1.24 bits per heavy atom. The van der Waals surface area contributed by atoms with E-state index >= 15 is 0 Å². The summed E-state index contributed by atoms with van der Waals surface area (Å²) in [5.41, 5.74) is 6.61. The fraction of sp³-hybridized carbons (Fsp3) is 0.333. The third kappa shape index (κ3) is 4.65. The molecule has 4 N–H and O–H groups in total. The van der Waals surface area contributed by atoms with Crippen LogP contribution in [-0.2, 0) is 11.3 Å². The number of hydrogen-bond donors (Lipinski definition) is 3. The van der Waals surface area contributed by atoms with E-state index in [9.17, 15) is 9.59 Å². The van der Waals surface area contributed by atoms with Crippen molar-refractivity contribution in [3.63, 3.8) is 0 Å². The Hall–Kier alpha value is -1.88. The van der Waals surface area contributed by atoms with Gasteiger partial charge in [0.25, 0.3) is 0 Å². The Bertz CT molecular complexity index is 387. The van der Waals surface area contributed by atoms with Crippen LogP contribution in [0.2, 0.25) is 0 Å². The van der Waals surface area contributed by atoms with Gasteiger partial charge in [-0.2, -0.15) is 0 Å². The number of nitrogens with two attached hydrogens (primary N) is 1. The van der Waals surface area contributed by atoms with E-state index < -0.39 is 5.91 Å². The summed E-state index contributed by atoms with van der Waals surface area (Å²) in [7, 11) is 0. The van der Waals surface area contributed by atoms with Crippen LogP contribution in [0.15, 0.2) is 24.3 Å². The van der Waals surface area contributed by atoms with Crippen LogP contribution in [0.5, 0.6) is 0 Å². The van der Waals surface area contributed by atoms with Gasteiger partial charge >= 0.3 is 0 Å². The normalized spacial score (nSPS) is 9.94. The van der Waals surface area contributed by atoms with Crippen molar-refractivity contribution in [2.45, 2.75) is 13.5 Å². The van der Waals surface area contributed by atoms with Gasteiger partial charge in [0.1, 0.15) is 0 Å². The maximum absolute atomic E-state index is 11.1. The van der Waals surface area contributed by atoms with E-state index in [2.05, 4.69) is 10.6 Å². The number of primary amides is 1. The molecule has 5 heteroatoms. The van der Waals surface area contributed by atoms with Crippen LogP contribution in [0.3, 0.4) is 0 Å². The highest BCUT2D eigenvalue weighted by Crippen LogP contribution is 2.03. The minimum absolute atomic E-state index is 0.0266. The standard InChI is InChI=1S/C12H17N3O2/c1-2-15-11(16)8-14-7-9-3-5-10(6-4-9)12(13)17/h3-6,14H,2,7-8H2,1H3,(H2,13,17)(H,15,16). The molecule has 17 heavy (non-hydrogen) atoms. The Labute approximate surface area is 100 Å². The van der Waals surface area contributed by atoms with E-state index in [1.54, 1.807) is 12.1 Å². The SMILES string of the molecule is CCNC(=O)CNCc1ccc(C(N)=O)cc1. The lowest BCUT2D eigenvalue weighted by Gasteiger charge is -2.05. The van der Waals surface area contributed by atoms with Crippen molar-refractivity contribution in [2.75, 3.05) is 13.1 Å². The molecule has 0 saturated heterocycles. The van der Waals surface area contributed by atoms with Gasteiger partial charge in [-0.25, -0.2) is 0 Å². The number of carbonyl (C=O) groups excluding carboxylic acids is 2. The van der Waals surface area contributed by atoms with E-state index in [0.29, 0.717) is 18.7 Å². The van der Waals surface area contributed by atoms with Crippen molar-refractivity contribution in [2.24, 2.45) is 5.73 Å². The molecule has 0 atom stereocenters. The second kappa shape index (κ2) is 6.65. The number of likely N-dealkylation sites (N-methyl/N-ethyl adjacent to an activating group) is 1. The summed E-state index contributed by atoms with van der Waals surface area (Å²) in [6.45, 7) is 3.37. The van der Waals surface area contributed by atoms with E-state index in [1.165, 1.54) is 0 Å². The minimum atomic E-state index is -0.438. The maximum atomic E-state index is 11.1. The first-order valence-electron chi connectivity index (χ1n) is 5.49. The molecule has 0 aliphatic rings. The summed E-state index contributed by atoms with van der Waals surface area (Å²) in [6.07, 6.45) is 0. The molecule has 0 unspecified atom stereocenters. The highest BCUT2D eigenvalue weighted by atomic mass is 16.2. The number of carbonyl (C=O) groups is 2. The van der Waals surface area contributed by atoms with E-state index in [1.807, 2.05) is 19.1 Å². The quantitative estimate of drug-likeness (QED) is 0.649. The largest absolute Gasteiger partial charge is 0.366 e. The highest BCUT2D eigenvalue weighted by molar-refractivity contribution is 5.92. The van der Waals surface area contributed by atoms with Crippen LogP contribution in [0, 0.1) is 0 Å². The first-order chi connectivity index (χ1) is 8.13. The van der Waals surface area contributed by atoms with Crippen LogP contribution in [0.1, 0.15) is 22.8 Å². The van der Waals surface area contributed by atoms with E-state index in [0.717, 1.165) is 5.56 Å². The minimum Gasteiger partial charge on any atom is -0.366 e. The average Bonchev–Trinajstić information content (AvgIpc) is 2.30. The zero-order valence-corrected chi connectivity index (χ0v) is 9.82. The summed E-state index contributed by atoms with van der Waals surface area (Å²) < 4.78 is 0. The zero-order valence-electron chi connectivity index (χ0n) is 9.82. The van der Waals surface area contributed by atoms with Crippen LogP contribution in [-0.4, -0.2) is 24.9 Å². The Balaban J connectivity index is 2.37. The van der Waals surface area contributed by atoms with Gasteiger partial charge in [-0.1, -0.05) is 12.1 Å². The molecular weight excluding hydrogens is 218 g/mol. The van der Waals surface area contributed by atoms with Crippen molar-refractivity contribution in [1.82, 2.24) is 10.6 Å². The Morgan fingerprint density at radius 3 is 2.41 bits per heavy atom. The summed E-state index contributed by atoms with van der Waals surface area (Å²) in [5.74, 6) is -0.465. The first kappa shape index (κ1) is 13.2. The van der Waals surface area contributed by atoms with Gasteiger partial charge in [-0.15, -0.1) is 0 Å². The van der Waals surface area contributed by atoms with Crippen LogP contribution < -0.4 is 16.4 Å². The van der Waals surface area contributed by atoms with Crippen molar-refractivity contribution in [3.8, 4) is 0 Å². The number of nitrogens with one attached hydrogen (secondary N) is 2. The lowest BCUT2D eigenvalue weighted by molar-refractivity contribution is -0.120. The van der Waals surface area contributed by atoms with Gasteiger partial charge in [0.15, 0.2) is 0 Å². The Kier molecular flexibility index (Phi) is 5.16. The molecule has 0 heterocycles. The molecular formula is C12H17N3O2. The van der Waals surface area contributed by atoms with Gasteiger partial charge in [0.2, 0.25) is 11.8 Å². The van der Waals surface area contributed by atoms with Gasteiger partial charge < -0.3 is 16.4 Å². The molecule has 2 amide bonds. The topological polar surface area (TPSA) is 84.2 Å². The number of hydrogen-bond acceptors (Lipinski definition) is 3. The van der Waals surface area contributed by atoms with E-state index in [4.69, 9.17) is 5.73 Å². The molecule has 0 aliphatic heterocycles. The summed E-state index contributed by atoms with van der Waals surface area (Å²) in [4.78, 5) is 22.0. The van der Waals surface area contributed by atoms with Crippen LogP contribution in [0.25, 0.3) is 0 Å². The summed E-state index contributed by atoms with van der Waals surface area (Å²) in [5, 5.41) is 5.70. The molecule has 92 valence electrons. The fourth-order valence-corrected chi connectivity index (χ4v) is 1.37. The molecule has 0 saturated carbocycles. The molecule has 0 fully saturated rings. The van der Waals surface area contributed by atoms with E-state index in [-0.39, 0.29) is 12.5 Å². The first-order valence-corrected chi connectivity index (χ1v) is 5.49. The molecule has 1 aromatic carbocycles. The predicted octanol–water partition coefficient (Wildman–Crippen LogP) is 0.0112. The average molecular weight is 235 g/mol. The monoisotopic (exact) mass is 235 g/mol. The summed E-state index contributed by atoms with van der Waals surface area (Å²) in [6, 6.07) is 6.96. The van der Waals surface area contributed by atoms with Gasteiger partial charge in [0.05, 0.1) is 6.54 Å². The highest BCUT2D eigenvalue weighted by Gasteiger charge is 2.01. The molecule has 0 aromatic heterocycles. The van der Waals surface area contributed by atoms with Gasteiger partial charge in [0, 0.05) is 18.7 Å². The lowest BCUT2D eigenvalue weighted by Crippen LogP contribution is -2.33. The van der Waals surface area contributed by atoms with Crippen molar-refractivity contribution in [1.29, 1.82) is 0 Å². The predicted molar refractivity (Wildman–Crippen MR) is 65.4 cm³/mol. The lowest BCUT2D eigenvalue weighted by atomic mass is 10.1. The molecule has 0 radical (unpaired) electrons. The third-order valence-electron chi connectivity index (χ3n) is 2.23. The summed E-state index contributed by atoms with van der Waals surface area (Å²) >= 11 is 0. The second-order valence-corrected chi connectivity index (χ2v) is 3.62. The van der Waals surface area contributed by atoms with Gasteiger partial charge in [-0.05, 0) is 24.6 Å². The van der Waals surface area contributed by atoms with Crippen molar-refractivity contribution < 1.29 is 9.59 Å². The fourth-order valence-electron chi connectivity index (χ4n) is 1.37. The number of amides is 2. The van der Waals surface area contributed by atoms with Crippen LogP contribution in [0.4, 0.5) is 0 Å². The Morgan fingerprint density at radius 2 is 1.88 bits per heavy atom. The number of benzene rings is 1. The molecule has 1 rings (SSSR count). The molecule has 5 nitrogen and oxygen atoms in total. The third-order valence-corrected chi connectivity index (χ3v) is 2.23. The van der Waals surface area contributed by atoms with Crippen molar-refractivity contribution in [3.05, 3.63) is 35.4 Å². The smallest absolute Gasteiger partial charge is 0.248 e. The molecule has 0 bridgehead atoms. The molecule has 0 spiro atoms.